The molecule has 3 aromatic rings. The van der Waals surface area contributed by atoms with Gasteiger partial charge < -0.3 is 15.7 Å². The lowest BCUT2D eigenvalue weighted by Gasteiger charge is -2.21. The number of alkyl halides is 2. The molecule has 0 radical (unpaired) electrons. The first kappa shape index (κ1) is 20.9. The topological polar surface area (TPSA) is 83.0 Å². The van der Waals surface area contributed by atoms with E-state index in [0.29, 0.717) is 18.3 Å². The summed E-state index contributed by atoms with van der Waals surface area (Å²) >= 11 is 1.54. The van der Waals surface area contributed by atoms with Crippen molar-refractivity contribution in [2.45, 2.75) is 51.7 Å². The second kappa shape index (κ2) is 8.03. The van der Waals surface area contributed by atoms with Gasteiger partial charge in [0, 0.05) is 12.6 Å². The molecule has 2 heterocycles. The van der Waals surface area contributed by atoms with Gasteiger partial charge in [0.05, 0.1) is 33.5 Å². The van der Waals surface area contributed by atoms with Crippen LogP contribution in [0.3, 0.4) is 0 Å². The SMILES string of the molecule is CCNc1nc(C)c(-c2nc3ccccc3s2)c(N[C@@H]2CC(C(C)(F)F)[C@@H](O)C2)n1. The molecule has 6 nitrogen and oxygen atoms in total. The number of hydrogen-bond acceptors (Lipinski definition) is 7. The summed E-state index contributed by atoms with van der Waals surface area (Å²) in [4.78, 5) is 13.9. The van der Waals surface area contributed by atoms with Crippen molar-refractivity contribution in [3.05, 3.63) is 30.0 Å². The van der Waals surface area contributed by atoms with E-state index < -0.39 is 17.9 Å². The van der Waals surface area contributed by atoms with Crippen molar-refractivity contribution in [2.24, 2.45) is 5.92 Å². The van der Waals surface area contributed by atoms with Gasteiger partial charge in [0.1, 0.15) is 10.8 Å². The van der Waals surface area contributed by atoms with E-state index in [0.717, 1.165) is 33.4 Å². The summed E-state index contributed by atoms with van der Waals surface area (Å²) in [5.41, 5.74) is 2.40. The van der Waals surface area contributed by atoms with Crippen molar-refractivity contribution in [2.75, 3.05) is 17.2 Å². The van der Waals surface area contributed by atoms with Crippen LogP contribution in [0.5, 0.6) is 0 Å². The first-order valence-electron chi connectivity index (χ1n) is 10.1. The molecule has 9 heteroatoms. The lowest BCUT2D eigenvalue weighted by Crippen LogP contribution is -2.30. The lowest BCUT2D eigenvalue weighted by atomic mass is 9.99. The third-order valence-corrected chi connectivity index (χ3v) is 6.51. The molecule has 1 saturated carbocycles. The highest BCUT2D eigenvalue weighted by atomic mass is 32.1. The normalized spacial score (nSPS) is 21.9. The van der Waals surface area contributed by atoms with Gasteiger partial charge in [-0.15, -0.1) is 11.3 Å². The zero-order chi connectivity index (χ0) is 21.5. The minimum Gasteiger partial charge on any atom is -0.393 e. The van der Waals surface area contributed by atoms with Gasteiger partial charge in [0.15, 0.2) is 0 Å². The van der Waals surface area contributed by atoms with Gasteiger partial charge in [-0.2, -0.15) is 4.98 Å². The van der Waals surface area contributed by atoms with Crippen LogP contribution >= 0.6 is 11.3 Å². The van der Waals surface area contributed by atoms with Gasteiger partial charge in [-0.05, 0) is 45.7 Å². The van der Waals surface area contributed by atoms with E-state index in [-0.39, 0.29) is 18.9 Å². The number of halogens is 2. The van der Waals surface area contributed by atoms with Crippen molar-refractivity contribution in [3.63, 3.8) is 0 Å². The van der Waals surface area contributed by atoms with E-state index in [1.54, 1.807) is 11.3 Å². The maximum absolute atomic E-state index is 13.8. The van der Waals surface area contributed by atoms with Gasteiger partial charge in [0.2, 0.25) is 5.95 Å². The molecule has 1 aliphatic carbocycles. The second-order valence-electron chi connectivity index (χ2n) is 7.82. The van der Waals surface area contributed by atoms with E-state index in [2.05, 4.69) is 20.6 Å². The molecule has 0 aliphatic heterocycles. The number of nitrogens with one attached hydrogen (secondary N) is 2. The summed E-state index contributed by atoms with van der Waals surface area (Å²) in [5.74, 6) is -2.98. The Morgan fingerprint density at radius 3 is 2.63 bits per heavy atom. The zero-order valence-electron chi connectivity index (χ0n) is 17.1. The summed E-state index contributed by atoms with van der Waals surface area (Å²) in [6, 6.07) is 7.55. The van der Waals surface area contributed by atoms with E-state index in [1.807, 2.05) is 38.1 Å². The van der Waals surface area contributed by atoms with E-state index >= 15 is 0 Å². The van der Waals surface area contributed by atoms with Crippen LogP contribution in [0, 0.1) is 12.8 Å². The smallest absolute Gasteiger partial charge is 0.250 e. The summed E-state index contributed by atoms with van der Waals surface area (Å²) in [6.07, 6.45) is -0.638. The van der Waals surface area contributed by atoms with Crippen molar-refractivity contribution in [3.8, 4) is 10.6 Å². The average Bonchev–Trinajstić information content (AvgIpc) is 3.24. The zero-order valence-corrected chi connectivity index (χ0v) is 17.9. The molecule has 0 spiro atoms. The third kappa shape index (κ3) is 4.09. The summed E-state index contributed by atoms with van der Waals surface area (Å²) in [5, 5.41) is 17.4. The number of aliphatic hydroxyl groups excluding tert-OH is 1. The van der Waals surface area contributed by atoms with Gasteiger partial charge in [0.25, 0.3) is 5.92 Å². The number of rotatable bonds is 6. The lowest BCUT2D eigenvalue weighted by molar-refractivity contribution is -0.0767. The number of anilines is 2. The molecule has 1 aromatic carbocycles. The number of hydrogen-bond donors (Lipinski definition) is 3. The minimum atomic E-state index is -2.93. The molecule has 1 unspecified atom stereocenters. The van der Waals surface area contributed by atoms with Gasteiger partial charge in [-0.3, -0.25) is 0 Å². The largest absolute Gasteiger partial charge is 0.393 e. The predicted octanol–water partition coefficient (Wildman–Crippen LogP) is 4.70. The van der Waals surface area contributed by atoms with Crippen LogP contribution in [-0.4, -0.2) is 44.7 Å². The fourth-order valence-corrected chi connectivity index (χ4v) is 5.08. The van der Waals surface area contributed by atoms with Gasteiger partial charge in [-0.25, -0.2) is 18.7 Å². The molecule has 0 amide bonds. The molecular formula is C21H25F2N5OS. The quantitative estimate of drug-likeness (QED) is 0.523. The highest BCUT2D eigenvalue weighted by Gasteiger charge is 2.46. The van der Waals surface area contributed by atoms with E-state index in [9.17, 15) is 13.9 Å². The van der Waals surface area contributed by atoms with Gasteiger partial charge >= 0.3 is 0 Å². The van der Waals surface area contributed by atoms with Crippen molar-refractivity contribution < 1.29 is 13.9 Å². The molecule has 4 rings (SSSR count). The second-order valence-corrected chi connectivity index (χ2v) is 8.85. The van der Waals surface area contributed by atoms with Crippen LogP contribution in [-0.2, 0) is 0 Å². The monoisotopic (exact) mass is 433 g/mol. The molecule has 2 aromatic heterocycles. The highest BCUT2D eigenvalue weighted by Crippen LogP contribution is 2.41. The predicted molar refractivity (Wildman–Crippen MR) is 116 cm³/mol. The Labute approximate surface area is 177 Å². The molecule has 3 N–H and O–H groups in total. The van der Waals surface area contributed by atoms with Crippen LogP contribution in [0.15, 0.2) is 24.3 Å². The average molecular weight is 434 g/mol. The maximum Gasteiger partial charge on any atom is 0.250 e. The van der Waals surface area contributed by atoms with Crippen LogP contribution in [0.1, 0.15) is 32.4 Å². The molecule has 0 bridgehead atoms. The van der Waals surface area contributed by atoms with Crippen LogP contribution in [0.4, 0.5) is 20.5 Å². The fourth-order valence-electron chi connectivity index (χ4n) is 4.02. The van der Waals surface area contributed by atoms with Crippen molar-refractivity contribution in [1.29, 1.82) is 0 Å². The van der Waals surface area contributed by atoms with Crippen molar-refractivity contribution in [1.82, 2.24) is 15.0 Å². The number of thiazole rings is 1. The molecule has 0 saturated heterocycles. The van der Waals surface area contributed by atoms with Crippen LogP contribution in [0.25, 0.3) is 20.8 Å². The number of para-hydroxylation sites is 1. The summed E-state index contributed by atoms with van der Waals surface area (Å²) < 4.78 is 28.7. The molecule has 30 heavy (non-hydrogen) atoms. The van der Waals surface area contributed by atoms with Gasteiger partial charge in [-0.1, -0.05) is 12.1 Å². The Morgan fingerprint density at radius 1 is 1.20 bits per heavy atom. The molecule has 1 aliphatic rings. The molecule has 3 atom stereocenters. The number of aryl methyl sites for hydroxylation is 1. The molecule has 1 fully saturated rings. The number of benzene rings is 1. The fraction of sp³-hybridized carbons (Fsp3) is 0.476. The third-order valence-electron chi connectivity index (χ3n) is 5.45. The maximum atomic E-state index is 13.8. The Hall–Kier alpha value is -2.39. The number of aromatic nitrogens is 3. The van der Waals surface area contributed by atoms with Crippen LogP contribution < -0.4 is 10.6 Å². The summed E-state index contributed by atoms with van der Waals surface area (Å²) in [7, 11) is 0. The minimum absolute atomic E-state index is 0.170. The highest BCUT2D eigenvalue weighted by molar-refractivity contribution is 7.21. The van der Waals surface area contributed by atoms with Crippen LogP contribution in [0.2, 0.25) is 0 Å². The van der Waals surface area contributed by atoms with E-state index in [4.69, 9.17) is 4.98 Å². The standard InChI is InChI=1S/C21H25F2N5OS/c1-4-24-20-25-11(2)17(19-27-14-7-5-6-8-16(14)30-19)18(28-20)26-12-9-13(15(29)10-12)21(3,22)23/h5-8,12-13,15,29H,4,9-10H2,1-3H3,(H2,24,25,26,28)/t12-,13?,15+/m1/s1. The Morgan fingerprint density at radius 2 is 1.97 bits per heavy atom. The Kier molecular flexibility index (Phi) is 5.59. The Bertz CT molecular complexity index is 1020. The number of fused-ring (bicyclic) bond motifs is 1. The first-order chi connectivity index (χ1) is 14.3. The van der Waals surface area contributed by atoms with E-state index in [1.165, 1.54) is 0 Å². The first-order valence-corrected chi connectivity index (χ1v) is 10.9. The molecule has 160 valence electrons. The Balaban J connectivity index is 1.72. The number of aliphatic hydroxyl groups is 1. The molecular weight excluding hydrogens is 408 g/mol. The number of nitrogens with zero attached hydrogens (tertiary/aromatic N) is 3. The van der Waals surface area contributed by atoms with Crippen molar-refractivity contribution >= 4 is 33.3 Å². The summed E-state index contributed by atoms with van der Waals surface area (Å²) in [6.45, 7) is 5.37.